The molecule has 13 heteroatoms. The standard InChI is InChI=1S/C23H29FN4O4.CHF3O/c1-16-12-19(24)20(25-23(30)28-4-2-3-5-28)15-18(16)17-13-21(27-6-9-31-10-7-27)26-22(14-17)32-11-8-29;2-1(3,4)5/h12-15,29H,2-11H2,1H3,(H,25,30);5H. The highest BCUT2D eigenvalue weighted by Crippen LogP contribution is 2.33. The number of ether oxygens (including phenoxy) is 2. The third-order valence-corrected chi connectivity index (χ3v) is 5.72. The van der Waals surface area contributed by atoms with Crippen molar-refractivity contribution in [1.82, 2.24) is 9.88 Å². The van der Waals surface area contributed by atoms with Gasteiger partial charge in [-0.3, -0.25) is 0 Å². The number of pyridine rings is 1. The maximum atomic E-state index is 14.7. The zero-order valence-corrected chi connectivity index (χ0v) is 20.4. The molecule has 0 atom stereocenters. The number of rotatable bonds is 6. The molecule has 3 heterocycles. The highest BCUT2D eigenvalue weighted by Gasteiger charge is 2.21. The minimum atomic E-state index is -5.00. The van der Waals surface area contributed by atoms with E-state index in [0.717, 1.165) is 35.3 Å². The Morgan fingerprint density at radius 3 is 2.41 bits per heavy atom. The van der Waals surface area contributed by atoms with Gasteiger partial charge in [-0.15, -0.1) is 13.2 Å². The van der Waals surface area contributed by atoms with E-state index in [1.807, 2.05) is 13.0 Å². The predicted octanol–water partition coefficient (Wildman–Crippen LogP) is 3.53. The number of aliphatic hydroxyl groups is 2. The minimum Gasteiger partial charge on any atom is -0.475 e. The number of carbonyl (C=O) groups is 1. The number of likely N-dealkylation sites (tertiary alicyclic amines) is 1. The molecule has 37 heavy (non-hydrogen) atoms. The van der Waals surface area contributed by atoms with Gasteiger partial charge in [0.1, 0.15) is 18.2 Å². The van der Waals surface area contributed by atoms with Crippen molar-refractivity contribution < 1.29 is 42.0 Å². The van der Waals surface area contributed by atoms with E-state index in [1.165, 1.54) is 6.07 Å². The first-order valence-electron chi connectivity index (χ1n) is 11.8. The summed E-state index contributed by atoms with van der Waals surface area (Å²) in [6.07, 6.45) is -3.07. The van der Waals surface area contributed by atoms with Crippen LogP contribution in [-0.2, 0) is 4.74 Å². The van der Waals surface area contributed by atoms with Crippen LogP contribution in [0, 0.1) is 12.7 Å². The lowest BCUT2D eigenvalue weighted by atomic mass is 10.00. The van der Waals surface area contributed by atoms with E-state index in [0.29, 0.717) is 45.3 Å². The smallest absolute Gasteiger partial charge is 0.475 e. The summed E-state index contributed by atoms with van der Waals surface area (Å²) in [6, 6.07) is 6.51. The lowest BCUT2D eigenvalue weighted by Gasteiger charge is -2.28. The first-order valence-corrected chi connectivity index (χ1v) is 11.8. The SMILES string of the molecule is Cc1cc(F)c(NC(=O)N2CCCC2)cc1-c1cc(OCCO)nc(N2CCOCC2)c1.OC(F)(F)F. The Kier molecular flexibility index (Phi) is 9.89. The fraction of sp³-hybridized carbons (Fsp3) is 0.500. The summed E-state index contributed by atoms with van der Waals surface area (Å²) in [6.45, 7) is 5.83. The van der Waals surface area contributed by atoms with Crippen LogP contribution >= 0.6 is 0 Å². The number of alkyl halides is 3. The van der Waals surface area contributed by atoms with Gasteiger partial charge in [0, 0.05) is 32.2 Å². The number of urea groups is 1. The molecule has 2 aliphatic rings. The average molecular weight is 531 g/mol. The number of aryl methyl sites for hydroxylation is 1. The van der Waals surface area contributed by atoms with Crippen LogP contribution in [0.15, 0.2) is 24.3 Å². The van der Waals surface area contributed by atoms with Gasteiger partial charge in [0.15, 0.2) is 0 Å². The van der Waals surface area contributed by atoms with E-state index in [-0.39, 0.29) is 24.9 Å². The van der Waals surface area contributed by atoms with Crippen molar-refractivity contribution in [3.63, 3.8) is 0 Å². The van der Waals surface area contributed by atoms with Crippen molar-refractivity contribution in [2.75, 3.05) is 62.8 Å². The summed E-state index contributed by atoms with van der Waals surface area (Å²) in [5.41, 5.74) is 2.44. The number of hydrogen-bond acceptors (Lipinski definition) is 7. The maximum Gasteiger partial charge on any atom is 0.519 e. The van der Waals surface area contributed by atoms with Crippen LogP contribution in [0.5, 0.6) is 5.88 Å². The van der Waals surface area contributed by atoms with E-state index in [1.54, 1.807) is 17.0 Å². The number of benzene rings is 1. The third kappa shape index (κ3) is 8.72. The highest BCUT2D eigenvalue weighted by molar-refractivity contribution is 5.91. The van der Waals surface area contributed by atoms with Crippen LogP contribution in [0.1, 0.15) is 18.4 Å². The molecular weight excluding hydrogens is 500 g/mol. The van der Waals surface area contributed by atoms with Crippen molar-refractivity contribution in [1.29, 1.82) is 0 Å². The number of carbonyl (C=O) groups excluding carboxylic acids is 1. The van der Waals surface area contributed by atoms with Gasteiger partial charge in [0.25, 0.3) is 0 Å². The molecule has 2 amide bonds. The lowest BCUT2D eigenvalue weighted by Crippen LogP contribution is -2.36. The van der Waals surface area contributed by atoms with E-state index < -0.39 is 12.2 Å². The Morgan fingerprint density at radius 1 is 1.14 bits per heavy atom. The highest BCUT2D eigenvalue weighted by atomic mass is 19.4. The molecule has 4 rings (SSSR count). The van der Waals surface area contributed by atoms with Gasteiger partial charge in [-0.05, 0) is 54.7 Å². The molecule has 2 aliphatic heterocycles. The zero-order chi connectivity index (χ0) is 27.0. The largest absolute Gasteiger partial charge is 0.519 e. The number of nitrogens with one attached hydrogen (secondary N) is 1. The van der Waals surface area contributed by atoms with Crippen molar-refractivity contribution in [2.24, 2.45) is 0 Å². The molecule has 1 aromatic carbocycles. The molecule has 204 valence electrons. The Hall–Kier alpha value is -3.16. The molecule has 0 bridgehead atoms. The number of morpholine rings is 1. The monoisotopic (exact) mass is 530 g/mol. The van der Waals surface area contributed by atoms with Gasteiger partial charge in [0.2, 0.25) is 5.88 Å². The Labute approximate surface area is 211 Å². The van der Waals surface area contributed by atoms with Crippen molar-refractivity contribution >= 4 is 17.5 Å². The molecule has 3 N–H and O–H groups in total. The number of anilines is 2. The Bertz CT molecular complexity index is 1050. The fourth-order valence-electron chi connectivity index (χ4n) is 4.02. The van der Waals surface area contributed by atoms with E-state index >= 15 is 0 Å². The molecule has 0 saturated carbocycles. The van der Waals surface area contributed by atoms with Crippen LogP contribution in [0.25, 0.3) is 11.1 Å². The molecule has 1 aromatic heterocycles. The Balaban J connectivity index is 0.000000695. The summed E-state index contributed by atoms with van der Waals surface area (Å²) < 4.78 is 55.5. The van der Waals surface area contributed by atoms with Gasteiger partial charge in [-0.1, -0.05) is 0 Å². The second-order valence-electron chi connectivity index (χ2n) is 8.46. The van der Waals surface area contributed by atoms with Gasteiger partial charge in [-0.2, -0.15) is 4.98 Å². The molecule has 2 aromatic rings. The first kappa shape index (κ1) is 28.4. The average Bonchev–Trinajstić information content (AvgIpc) is 3.39. The van der Waals surface area contributed by atoms with E-state index in [2.05, 4.69) is 15.2 Å². The summed E-state index contributed by atoms with van der Waals surface area (Å²) in [5.74, 6) is 0.632. The second-order valence-corrected chi connectivity index (χ2v) is 8.46. The van der Waals surface area contributed by atoms with Crippen LogP contribution in [-0.4, -0.2) is 85.1 Å². The summed E-state index contributed by atoms with van der Waals surface area (Å²) >= 11 is 0. The first-order chi connectivity index (χ1) is 17.5. The topological polar surface area (TPSA) is 107 Å². The molecule has 0 unspecified atom stereocenters. The Morgan fingerprint density at radius 2 is 1.78 bits per heavy atom. The molecule has 2 fully saturated rings. The van der Waals surface area contributed by atoms with Gasteiger partial charge in [-0.25, -0.2) is 9.18 Å². The summed E-state index contributed by atoms with van der Waals surface area (Å²) in [4.78, 5) is 20.9. The van der Waals surface area contributed by atoms with Crippen LogP contribution in [0.2, 0.25) is 0 Å². The predicted molar refractivity (Wildman–Crippen MR) is 128 cm³/mol. The van der Waals surface area contributed by atoms with Crippen molar-refractivity contribution in [3.8, 4) is 17.0 Å². The second kappa shape index (κ2) is 12.9. The van der Waals surface area contributed by atoms with E-state index in [4.69, 9.17) is 19.7 Å². The third-order valence-electron chi connectivity index (χ3n) is 5.72. The summed E-state index contributed by atoms with van der Waals surface area (Å²) in [5, 5.41) is 18.4. The van der Waals surface area contributed by atoms with Gasteiger partial charge in [0.05, 0.1) is 25.5 Å². The van der Waals surface area contributed by atoms with Crippen LogP contribution < -0.4 is 15.0 Å². The number of aromatic nitrogens is 1. The number of amides is 2. The molecule has 9 nitrogen and oxygen atoms in total. The molecule has 0 spiro atoms. The zero-order valence-electron chi connectivity index (χ0n) is 20.4. The number of halogens is 4. The molecule has 0 radical (unpaired) electrons. The number of hydrogen-bond donors (Lipinski definition) is 3. The van der Waals surface area contributed by atoms with Crippen LogP contribution in [0.3, 0.4) is 0 Å². The molecule has 2 saturated heterocycles. The van der Waals surface area contributed by atoms with Crippen molar-refractivity contribution in [2.45, 2.75) is 26.1 Å². The summed E-state index contributed by atoms with van der Waals surface area (Å²) in [7, 11) is 0. The number of aliphatic hydroxyl groups excluding tert-OH is 1. The molecular formula is C24H30F4N4O5. The van der Waals surface area contributed by atoms with Crippen molar-refractivity contribution in [3.05, 3.63) is 35.6 Å². The number of nitrogens with zero attached hydrogens (tertiary/aromatic N) is 3. The fourth-order valence-corrected chi connectivity index (χ4v) is 4.02. The lowest BCUT2D eigenvalue weighted by molar-refractivity contribution is -0.295. The van der Waals surface area contributed by atoms with Gasteiger partial charge < -0.3 is 34.8 Å². The quantitative estimate of drug-likeness (QED) is 0.491. The normalized spacial score (nSPS) is 15.8. The molecule has 0 aliphatic carbocycles. The van der Waals surface area contributed by atoms with Gasteiger partial charge >= 0.3 is 12.4 Å². The minimum absolute atomic E-state index is 0.124. The van der Waals surface area contributed by atoms with E-state index in [9.17, 15) is 22.4 Å². The van der Waals surface area contributed by atoms with Crippen LogP contribution in [0.4, 0.5) is 33.9 Å². The maximum absolute atomic E-state index is 14.7.